The lowest BCUT2D eigenvalue weighted by Gasteiger charge is -2.35. The number of halogens is 2. The number of carbonyl (C=O) groups excluding carboxylic acids is 1. The first-order chi connectivity index (χ1) is 17.6. The lowest BCUT2D eigenvalue weighted by Crippen LogP contribution is -2.32. The number of carboxylic acids is 1. The van der Waals surface area contributed by atoms with Crippen LogP contribution >= 0.6 is 31.9 Å². The van der Waals surface area contributed by atoms with Crippen molar-refractivity contribution in [2.75, 3.05) is 0 Å². The first-order valence-corrected chi connectivity index (χ1v) is 13.8. The van der Waals surface area contributed by atoms with Crippen molar-refractivity contribution in [3.8, 4) is 11.5 Å². The molecule has 0 bridgehead atoms. The molecule has 8 heteroatoms. The summed E-state index contributed by atoms with van der Waals surface area (Å²) < 4.78 is 7.25. The molecule has 0 saturated carbocycles. The Bertz CT molecular complexity index is 1380. The van der Waals surface area contributed by atoms with Crippen molar-refractivity contribution in [1.29, 1.82) is 0 Å². The minimum absolute atomic E-state index is 0.108. The van der Waals surface area contributed by atoms with Crippen LogP contribution in [0, 0.1) is 0 Å². The average Bonchev–Trinajstić information content (AvgIpc) is 3.15. The smallest absolute Gasteiger partial charge is 0.341 e. The molecule has 0 saturated heterocycles. The van der Waals surface area contributed by atoms with Gasteiger partial charge in [0.1, 0.15) is 11.5 Å². The number of aromatic hydroxyl groups is 2. The SMILES string of the molecule is CCc1cc(O)c(C2(c3c(O)cc(CC)c(CC)c3Br)OC(=O)c3c(C(=O)O)cccc32)c(Br)c1CC. The largest absolute Gasteiger partial charge is 0.507 e. The Morgan fingerprint density at radius 2 is 1.35 bits per heavy atom. The molecule has 0 fully saturated rings. The highest BCUT2D eigenvalue weighted by atomic mass is 79.9. The molecule has 0 atom stereocenters. The van der Waals surface area contributed by atoms with E-state index in [0.29, 0.717) is 34.6 Å². The number of aromatic carboxylic acids is 1. The van der Waals surface area contributed by atoms with Crippen LogP contribution in [0.15, 0.2) is 39.3 Å². The molecular formula is C29H28Br2O6. The van der Waals surface area contributed by atoms with Crippen molar-refractivity contribution in [2.45, 2.75) is 59.0 Å². The zero-order chi connectivity index (χ0) is 27.2. The molecule has 0 unspecified atom stereocenters. The molecule has 0 spiro atoms. The second-order valence-electron chi connectivity index (χ2n) is 8.96. The summed E-state index contributed by atoms with van der Waals surface area (Å²) in [5, 5.41) is 32.8. The molecule has 3 aromatic rings. The van der Waals surface area contributed by atoms with E-state index in [1.807, 2.05) is 27.7 Å². The summed E-state index contributed by atoms with van der Waals surface area (Å²) >= 11 is 7.39. The third-order valence-electron chi connectivity index (χ3n) is 7.18. The van der Waals surface area contributed by atoms with Gasteiger partial charge >= 0.3 is 11.9 Å². The fourth-order valence-electron chi connectivity index (χ4n) is 5.51. The molecule has 0 aliphatic carbocycles. The summed E-state index contributed by atoms with van der Waals surface area (Å²) in [6.45, 7) is 7.95. The minimum atomic E-state index is -1.82. The Morgan fingerprint density at radius 1 is 0.865 bits per heavy atom. The highest BCUT2D eigenvalue weighted by Gasteiger charge is 2.55. The topological polar surface area (TPSA) is 104 Å². The summed E-state index contributed by atoms with van der Waals surface area (Å²) in [5.41, 5.74) is 2.26. The zero-order valence-electron chi connectivity index (χ0n) is 21.0. The van der Waals surface area contributed by atoms with Gasteiger partial charge in [0.25, 0.3) is 0 Å². The molecule has 0 radical (unpaired) electrons. The van der Waals surface area contributed by atoms with E-state index >= 15 is 0 Å². The van der Waals surface area contributed by atoms with Gasteiger partial charge in [-0.2, -0.15) is 0 Å². The number of cyclic esters (lactones) is 1. The van der Waals surface area contributed by atoms with E-state index in [1.165, 1.54) is 12.1 Å². The van der Waals surface area contributed by atoms with Crippen molar-refractivity contribution in [3.05, 3.63) is 89.3 Å². The molecule has 4 rings (SSSR count). The van der Waals surface area contributed by atoms with E-state index in [0.717, 1.165) is 22.3 Å². The van der Waals surface area contributed by atoms with Crippen LogP contribution in [-0.4, -0.2) is 27.3 Å². The number of phenols is 2. The van der Waals surface area contributed by atoms with E-state index in [9.17, 15) is 24.9 Å². The first-order valence-electron chi connectivity index (χ1n) is 12.3. The van der Waals surface area contributed by atoms with Gasteiger partial charge in [-0.3, -0.25) is 0 Å². The Balaban J connectivity index is 2.28. The molecule has 1 aliphatic heterocycles. The van der Waals surface area contributed by atoms with Crippen LogP contribution in [-0.2, 0) is 36.0 Å². The van der Waals surface area contributed by atoms with E-state index in [-0.39, 0.29) is 39.3 Å². The third-order valence-corrected chi connectivity index (χ3v) is 8.93. The number of fused-ring (bicyclic) bond motifs is 1. The van der Waals surface area contributed by atoms with Gasteiger partial charge in [0.05, 0.1) is 22.3 Å². The van der Waals surface area contributed by atoms with Gasteiger partial charge < -0.3 is 20.1 Å². The lowest BCUT2D eigenvalue weighted by atomic mass is 9.76. The predicted octanol–water partition coefficient (Wildman–Crippen LogP) is 7.03. The minimum Gasteiger partial charge on any atom is -0.507 e. The van der Waals surface area contributed by atoms with Gasteiger partial charge in [-0.25, -0.2) is 9.59 Å². The maximum Gasteiger partial charge on any atom is 0.341 e. The second kappa shape index (κ2) is 10.1. The summed E-state index contributed by atoms with van der Waals surface area (Å²) in [5.74, 6) is -2.39. The van der Waals surface area contributed by atoms with Crippen molar-refractivity contribution < 1.29 is 29.6 Å². The number of benzene rings is 3. The van der Waals surface area contributed by atoms with Crippen LogP contribution in [0.25, 0.3) is 0 Å². The van der Waals surface area contributed by atoms with Crippen LogP contribution in [0.4, 0.5) is 0 Å². The quantitative estimate of drug-likeness (QED) is 0.242. The maximum atomic E-state index is 13.5. The molecule has 3 N–H and O–H groups in total. The zero-order valence-corrected chi connectivity index (χ0v) is 24.2. The van der Waals surface area contributed by atoms with E-state index in [1.54, 1.807) is 18.2 Å². The number of aryl methyl sites for hydroxylation is 2. The Labute approximate surface area is 232 Å². The van der Waals surface area contributed by atoms with Crippen molar-refractivity contribution in [1.82, 2.24) is 0 Å². The summed E-state index contributed by atoms with van der Waals surface area (Å²) in [7, 11) is 0. The van der Waals surface area contributed by atoms with Crippen LogP contribution in [0.5, 0.6) is 11.5 Å². The first kappa shape index (κ1) is 27.2. The molecule has 37 heavy (non-hydrogen) atoms. The Morgan fingerprint density at radius 3 is 1.76 bits per heavy atom. The molecule has 1 aliphatic rings. The normalized spacial score (nSPS) is 13.9. The number of carboxylic acid groups (broad SMARTS) is 1. The number of hydrogen-bond acceptors (Lipinski definition) is 5. The highest BCUT2D eigenvalue weighted by Crippen LogP contribution is 2.57. The second-order valence-corrected chi connectivity index (χ2v) is 10.5. The number of phenolic OH excluding ortho intramolecular Hbond substituents is 2. The van der Waals surface area contributed by atoms with Gasteiger partial charge in [-0.1, -0.05) is 39.8 Å². The number of esters is 1. The third kappa shape index (κ3) is 3.96. The highest BCUT2D eigenvalue weighted by molar-refractivity contribution is 9.11. The number of carbonyl (C=O) groups is 2. The predicted molar refractivity (Wildman–Crippen MR) is 148 cm³/mol. The number of rotatable bonds is 7. The monoisotopic (exact) mass is 630 g/mol. The van der Waals surface area contributed by atoms with Gasteiger partial charge in [0.2, 0.25) is 0 Å². The van der Waals surface area contributed by atoms with Gasteiger partial charge in [0.15, 0.2) is 5.60 Å². The number of ether oxygens (including phenoxy) is 1. The molecule has 6 nitrogen and oxygen atoms in total. The molecule has 0 aromatic heterocycles. The summed E-state index contributed by atoms with van der Waals surface area (Å²) in [6.07, 6.45) is 2.60. The van der Waals surface area contributed by atoms with E-state index in [2.05, 4.69) is 31.9 Å². The summed E-state index contributed by atoms with van der Waals surface area (Å²) in [6, 6.07) is 7.80. The standard InChI is InChI=1S/C29H28Br2O6/c1-5-14-12-20(32)23(25(30)16(14)7-3)29(24-21(33)13-15(6-2)17(8-4)26(24)31)19-11-9-10-18(27(34)35)22(19)28(36)37-29/h9-13,32-33H,5-8H2,1-4H3,(H,34,35). The average molecular weight is 632 g/mol. The maximum absolute atomic E-state index is 13.5. The Hall–Kier alpha value is -2.84. The van der Waals surface area contributed by atoms with Crippen LogP contribution in [0.1, 0.15) is 87.4 Å². The molecule has 1 heterocycles. The fraction of sp³-hybridized carbons (Fsp3) is 0.310. The van der Waals surface area contributed by atoms with Gasteiger partial charge in [-0.05, 0) is 98.0 Å². The molecule has 3 aromatic carbocycles. The van der Waals surface area contributed by atoms with Crippen LogP contribution in [0.3, 0.4) is 0 Å². The van der Waals surface area contributed by atoms with Gasteiger partial charge in [0, 0.05) is 14.5 Å². The van der Waals surface area contributed by atoms with Crippen molar-refractivity contribution >= 4 is 43.8 Å². The Kier molecular flexibility index (Phi) is 7.45. The van der Waals surface area contributed by atoms with Gasteiger partial charge in [-0.15, -0.1) is 0 Å². The van der Waals surface area contributed by atoms with Crippen molar-refractivity contribution in [2.24, 2.45) is 0 Å². The lowest BCUT2D eigenvalue weighted by molar-refractivity contribution is 0.0232. The molecular weight excluding hydrogens is 604 g/mol. The molecule has 0 amide bonds. The number of hydrogen-bond donors (Lipinski definition) is 3. The molecule has 194 valence electrons. The fourth-order valence-corrected chi connectivity index (χ4v) is 7.54. The van der Waals surface area contributed by atoms with Crippen LogP contribution < -0.4 is 0 Å². The summed E-state index contributed by atoms with van der Waals surface area (Å²) in [4.78, 5) is 25.6. The van der Waals surface area contributed by atoms with Crippen LogP contribution in [0.2, 0.25) is 0 Å². The van der Waals surface area contributed by atoms with E-state index < -0.39 is 17.5 Å². The van der Waals surface area contributed by atoms with Crippen molar-refractivity contribution in [3.63, 3.8) is 0 Å². The van der Waals surface area contributed by atoms with E-state index in [4.69, 9.17) is 4.74 Å².